The normalized spacial score (nSPS) is 15.0. The number of hydrogen-bond donors (Lipinski definition) is 0. The summed E-state index contributed by atoms with van der Waals surface area (Å²) in [6.07, 6.45) is 4.47. The first-order chi connectivity index (χ1) is 38.4. The van der Waals surface area contributed by atoms with E-state index in [-0.39, 0.29) is 16.2 Å². The zero-order valence-electron chi connectivity index (χ0n) is 45.5. The third-order valence-corrected chi connectivity index (χ3v) is 18.7. The summed E-state index contributed by atoms with van der Waals surface area (Å²) in [6.45, 7) is 14.4. The second kappa shape index (κ2) is 16.4. The molecule has 0 radical (unpaired) electrons. The minimum Gasteiger partial charge on any atom is -0.309 e. The molecule has 16 rings (SSSR count). The minimum atomic E-state index is -0.171. The van der Waals surface area contributed by atoms with Crippen molar-refractivity contribution in [2.24, 2.45) is 0 Å². The lowest BCUT2D eigenvalue weighted by atomic mass is 9.79. The van der Waals surface area contributed by atoms with Gasteiger partial charge >= 0.3 is 0 Å². The van der Waals surface area contributed by atoms with Crippen molar-refractivity contribution in [1.82, 2.24) is 9.13 Å². The van der Waals surface area contributed by atoms with Crippen molar-refractivity contribution in [3.8, 4) is 67.0 Å². The van der Waals surface area contributed by atoms with E-state index in [0.29, 0.717) is 0 Å². The standard InChI is InChI=1S/C77H58N2/c1-75(2)65-21-13-10-18-55(65)56-37-34-54(44-68(56)75)79-72-23-15-12-20-60(72)64-41-50(33-39-74(64)79)52-32-36-58-62-46-69-61(45-70(62)77(5,6)67(58)43-52)57-35-31-51(42-66(57)76(69,3)4)49-29-26-47(27-30-49)24-25-48-28-38-73-63(40-48)59-19-11-14-22-71(59)78(73)53-16-8-7-9-17-53/h7-46H,1-6H3. The van der Waals surface area contributed by atoms with E-state index in [9.17, 15) is 0 Å². The molecule has 2 aromatic heterocycles. The van der Waals surface area contributed by atoms with Crippen LogP contribution in [0.15, 0.2) is 231 Å². The van der Waals surface area contributed by atoms with Gasteiger partial charge in [-0.25, -0.2) is 0 Å². The molecule has 3 aliphatic carbocycles. The van der Waals surface area contributed by atoms with E-state index >= 15 is 0 Å². The lowest BCUT2D eigenvalue weighted by Crippen LogP contribution is -2.17. The van der Waals surface area contributed by atoms with Gasteiger partial charge in [-0.15, -0.1) is 0 Å². The molecule has 3 aliphatic rings. The average Bonchev–Trinajstić information content (AvgIpc) is 4.41. The molecule has 0 aliphatic heterocycles. The molecule has 0 spiro atoms. The number of para-hydroxylation sites is 3. The van der Waals surface area contributed by atoms with E-state index in [1.807, 2.05) is 0 Å². The summed E-state index contributed by atoms with van der Waals surface area (Å²) in [4.78, 5) is 0. The maximum Gasteiger partial charge on any atom is 0.0541 e. The molecule has 0 N–H and O–H groups in total. The van der Waals surface area contributed by atoms with Crippen LogP contribution in [0.25, 0.3) is 123 Å². The number of hydrogen-bond acceptors (Lipinski definition) is 0. The molecule has 376 valence electrons. The van der Waals surface area contributed by atoms with Gasteiger partial charge in [-0.3, -0.25) is 0 Å². The van der Waals surface area contributed by atoms with Gasteiger partial charge < -0.3 is 9.13 Å². The molecular weight excluding hydrogens is 953 g/mol. The van der Waals surface area contributed by atoms with Gasteiger partial charge in [0, 0.05) is 49.2 Å². The zero-order valence-corrected chi connectivity index (χ0v) is 45.5. The molecule has 2 heterocycles. The summed E-state index contributed by atoms with van der Waals surface area (Å²) in [5.74, 6) is 0. The number of benzene rings is 11. The summed E-state index contributed by atoms with van der Waals surface area (Å²) < 4.78 is 4.84. The van der Waals surface area contributed by atoms with Gasteiger partial charge in [0.2, 0.25) is 0 Å². The Labute approximate surface area is 462 Å². The Morgan fingerprint density at radius 3 is 1.34 bits per heavy atom. The van der Waals surface area contributed by atoms with E-state index < -0.39 is 0 Å². The molecule has 0 fully saturated rings. The summed E-state index contributed by atoms with van der Waals surface area (Å²) in [6, 6.07) is 86.8. The van der Waals surface area contributed by atoms with Gasteiger partial charge in [0.15, 0.2) is 0 Å². The summed E-state index contributed by atoms with van der Waals surface area (Å²) >= 11 is 0. The van der Waals surface area contributed by atoms with Crippen LogP contribution in [-0.2, 0) is 16.2 Å². The fraction of sp³-hybridized carbons (Fsp3) is 0.117. The highest BCUT2D eigenvalue weighted by Gasteiger charge is 2.42. The molecule has 0 saturated carbocycles. The van der Waals surface area contributed by atoms with Crippen molar-refractivity contribution in [2.45, 2.75) is 57.8 Å². The Hall–Kier alpha value is -9.24. The van der Waals surface area contributed by atoms with Crippen LogP contribution >= 0.6 is 0 Å². The number of nitrogens with zero attached hydrogens (tertiary/aromatic N) is 2. The molecule has 2 nitrogen and oxygen atoms in total. The van der Waals surface area contributed by atoms with Crippen molar-refractivity contribution >= 4 is 55.8 Å². The summed E-state index contributed by atoms with van der Waals surface area (Å²) in [7, 11) is 0. The van der Waals surface area contributed by atoms with Crippen molar-refractivity contribution in [2.75, 3.05) is 0 Å². The SMILES string of the molecule is CC1(C)c2ccccc2-c2ccc(-n3c4ccccc4c4cc(-c5ccc6c(c5)C(C)(C)c5cc7c(cc5-6)C(C)(C)c5cc(-c6ccc(C=Cc8ccc9c(c8)c8ccccc8n9-c8ccccc8)cc6)ccc5-7)ccc43)cc21. The number of fused-ring (bicyclic) bond motifs is 15. The van der Waals surface area contributed by atoms with E-state index in [0.717, 1.165) is 0 Å². The van der Waals surface area contributed by atoms with Gasteiger partial charge in [-0.2, -0.15) is 0 Å². The topological polar surface area (TPSA) is 9.86 Å². The molecule has 2 heteroatoms. The molecule has 0 bridgehead atoms. The Morgan fingerprint density at radius 2 is 0.671 bits per heavy atom. The second-order valence-corrected chi connectivity index (χ2v) is 24.1. The van der Waals surface area contributed by atoms with Crippen molar-refractivity contribution in [1.29, 1.82) is 0 Å². The first-order valence-electron chi connectivity index (χ1n) is 28.1. The van der Waals surface area contributed by atoms with Gasteiger partial charge in [0.25, 0.3) is 0 Å². The largest absolute Gasteiger partial charge is 0.309 e. The van der Waals surface area contributed by atoms with Crippen LogP contribution in [-0.4, -0.2) is 9.13 Å². The van der Waals surface area contributed by atoms with Crippen LogP contribution in [0, 0.1) is 0 Å². The van der Waals surface area contributed by atoms with Crippen LogP contribution < -0.4 is 0 Å². The molecule has 11 aromatic carbocycles. The molecular formula is C77H58N2. The lowest BCUT2D eigenvalue weighted by molar-refractivity contribution is 0.652. The van der Waals surface area contributed by atoms with Gasteiger partial charge in [-0.05, 0) is 185 Å². The fourth-order valence-corrected chi connectivity index (χ4v) is 14.5. The van der Waals surface area contributed by atoms with Crippen LogP contribution in [0.3, 0.4) is 0 Å². The predicted molar refractivity (Wildman–Crippen MR) is 334 cm³/mol. The minimum absolute atomic E-state index is 0.0677. The van der Waals surface area contributed by atoms with E-state index in [2.05, 4.69) is 293 Å². The first kappa shape index (κ1) is 45.9. The molecule has 0 atom stereocenters. The quantitative estimate of drug-likeness (QED) is 0.147. The summed E-state index contributed by atoms with van der Waals surface area (Å²) in [5, 5.41) is 5.08. The Morgan fingerprint density at radius 1 is 0.253 bits per heavy atom. The van der Waals surface area contributed by atoms with Crippen LogP contribution in [0.1, 0.15) is 86.1 Å². The third-order valence-electron chi connectivity index (χ3n) is 18.7. The summed E-state index contributed by atoms with van der Waals surface area (Å²) in [5.41, 5.74) is 30.8. The Kier molecular flexibility index (Phi) is 9.53. The van der Waals surface area contributed by atoms with Crippen LogP contribution in [0.5, 0.6) is 0 Å². The molecule has 0 amide bonds. The van der Waals surface area contributed by atoms with E-state index in [4.69, 9.17) is 0 Å². The van der Waals surface area contributed by atoms with Crippen LogP contribution in [0.4, 0.5) is 0 Å². The van der Waals surface area contributed by atoms with Crippen LogP contribution in [0.2, 0.25) is 0 Å². The van der Waals surface area contributed by atoms with Gasteiger partial charge in [0.05, 0.1) is 22.1 Å². The van der Waals surface area contributed by atoms with Gasteiger partial charge in [0.1, 0.15) is 0 Å². The maximum absolute atomic E-state index is 2.54. The highest BCUT2D eigenvalue weighted by molar-refractivity contribution is 6.11. The molecule has 0 unspecified atom stereocenters. The average molecular weight is 1010 g/mol. The molecule has 13 aromatic rings. The molecule has 79 heavy (non-hydrogen) atoms. The smallest absolute Gasteiger partial charge is 0.0541 e. The highest BCUT2D eigenvalue weighted by Crippen LogP contribution is 2.57. The third kappa shape index (κ3) is 6.58. The fourth-order valence-electron chi connectivity index (χ4n) is 14.5. The van der Waals surface area contributed by atoms with Gasteiger partial charge in [-0.1, -0.05) is 199 Å². The zero-order chi connectivity index (χ0) is 53.1. The maximum atomic E-state index is 2.54. The first-order valence-corrected chi connectivity index (χ1v) is 28.1. The predicted octanol–water partition coefficient (Wildman–Crippen LogP) is 20.3. The van der Waals surface area contributed by atoms with E-state index in [1.165, 1.54) is 155 Å². The number of rotatable bonds is 6. The Balaban J connectivity index is 0.685. The highest BCUT2D eigenvalue weighted by atomic mass is 15.0. The lowest BCUT2D eigenvalue weighted by Gasteiger charge is -2.24. The van der Waals surface area contributed by atoms with Crippen molar-refractivity contribution < 1.29 is 0 Å². The monoisotopic (exact) mass is 1010 g/mol. The number of aromatic nitrogens is 2. The van der Waals surface area contributed by atoms with Crippen molar-refractivity contribution in [3.05, 3.63) is 275 Å². The van der Waals surface area contributed by atoms with Crippen molar-refractivity contribution in [3.63, 3.8) is 0 Å². The van der Waals surface area contributed by atoms with E-state index in [1.54, 1.807) is 0 Å². The second-order valence-electron chi connectivity index (χ2n) is 24.1. The Bertz CT molecular complexity index is 4780. The molecule has 0 saturated heterocycles.